The molecule has 1 heterocycles. The second-order valence-electron chi connectivity index (χ2n) is 4.75. The highest BCUT2D eigenvalue weighted by molar-refractivity contribution is 5.78. The van der Waals surface area contributed by atoms with Crippen molar-refractivity contribution in [2.45, 2.75) is 25.4 Å². The van der Waals surface area contributed by atoms with Crippen molar-refractivity contribution in [1.29, 1.82) is 0 Å². The van der Waals surface area contributed by atoms with Crippen LogP contribution in [0.2, 0.25) is 0 Å². The molecule has 0 aromatic heterocycles. The Kier molecular flexibility index (Phi) is 6.47. The van der Waals surface area contributed by atoms with Crippen molar-refractivity contribution in [2.24, 2.45) is 0 Å². The summed E-state index contributed by atoms with van der Waals surface area (Å²) in [5, 5.41) is 9.55. The molecule has 1 aliphatic heterocycles. The Morgan fingerprint density at radius 1 is 1.41 bits per heavy atom. The van der Waals surface area contributed by atoms with Gasteiger partial charge in [-0.05, 0) is 26.3 Å². The molecule has 1 unspecified atom stereocenters. The van der Waals surface area contributed by atoms with Crippen LogP contribution in [0.3, 0.4) is 0 Å². The van der Waals surface area contributed by atoms with Gasteiger partial charge in [0.05, 0.1) is 19.3 Å². The van der Waals surface area contributed by atoms with Crippen LogP contribution in [0.5, 0.6) is 0 Å². The summed E-state index contributed by atoms with van der Waals surface area (Å²) in [6.45, 7) is 2.91. The van der Waals surface area contributed by atoms with E-state index in [1.807, 2.05) is 16.8 Å². The van der Waals surface area contributed by atoms with Crippen molar-refractivity contribution in [3.63, 3.8) is 0 Å². The molecule has 0 aromatic rings. The molecular formula is C12H24N2O3. The summed E-state index contributed by atoms with van der Waals surface area (Å²) >= 11 is 0. The maximum atomic E-state index is 11.9. The van der Waals surface area contributed by atoms with E-state index in [0.717, 1.165) is 25.9 Å². The van der Waals surface area contributed by atoms with E-state index >= 15 is 0 Å². The zero-order chi connectivity index (χ0) is 12.7. The van der Waals surface area contributed by atoms with Crippen LogP contribution in [0.25, 0.3) is 0 Å². The lowest BCUT2D eigenvalue weighted by Crippen LogP contribution is -2.43. The molecule has 1 rings (SSSR count). The SMILES string of the molecule is COCC(O)CN(C)CC(=O)N1CCCCC1. The third-order valence-electron chi connectivity index (χ3n) is 3.00. The predicted octanol–water partition coefficient (Wildman–Crippen LogP) is -0.0620. The first-order valence-electron chi connectivity index (χ1n) is 6.27. The summed E-state index contributed by atoms with van der Waals surface area (Å²) in [6, 6.07) is 0. The number of piperidine rings is 1. The fourth-order valence-electron chi connectivity index (χ4n) is 2.14. The van der Waals surface area contributed by atoms with E-state index in [1.165, 1.54) is 6.42 Å². The lowest BCUT2D eigenvalue weighted by Gasteiger charge is -2.29. The highest BCUT2D eigenvalue weighted by Gasteiger charge is 2.18. The molecule has 0 aliphatic carbocycles. The Bertz CT molecular complexity index is 230. The number of rotatable bonds is 6. The van der Waals surface area contributed by atoms with Crippen LogP contribution in [0, 0.1) is 0 Å². The van der Waals surface area contributed by atoms with Crippen molar-refractivity contribution >= 4 is 5.91 Å². The molecule has 5 heteroatoms. The van der Waals surface area contributed by atoms with Gasteiger partial charge in [-0.15, -0.1) is 0 Å². The predicted molar refractivity (Wildman–Crippen MR) is 65.8 cm³/mol. The Balaban J connectivity index is 2.24. The summed E-state index contributed by atoms with van der Waals surface area (Å²) in [4.78, 5) is 15.7. The first-order chi connectivity index (χ1) is 8.13. The number of aliphatic hydroxyl groups excluding tert-OH is 1. The molecule has 5 nitrogen and oxygen atoms in total. The third kappa shape index (κ3) is 5.48. The molecule has 1 amide bonds. The molecule has 0 spiro atoms. The number of methoxy groups -OCH3 is 1. The molecule has 100 valence electrons. The Morgan fingerprint density at radius 3 is 2.65 bits per heavy atom. The minimum atomic E-state index is -0.529. The van der Waals surface area contributed by atoms with Crippen LogP contribution in [0.1, 0.15) is 19.3 Å². The maximum Gasteiger partial charge on any atom is 0.236 e. The molecule has 0 bridgehead atoms. The van der Waals surface area contributed by atoms with E-state index in [2.05, 4.69) is 0 Å². The van der Waals surface area contributed by atoms with Crippen LogP contribution in [0.4, 0.5) is 0 Å². The highest BCUT2D eigenvalue weighted by atomic mass is 16.5. The number of ether oxygens (including phenoxy) is 1. The van der Waals surface area contributed by atoms with Crippen LogP contribution in [-0.4, -0.2) is 73.9 Å². The number of nitrogens with zero attached hydrogens (tertiary/aromatic N) is 2. The van der Waals surface area contributed by atoms with Crippen molar-refractivity contribution in [3.8, 4) is 0 Å². The number of likely N-dealkylation sites (N-methyl/N-ethyl adjacent to an activating group) is 1. The van der Waals surface area contributed by atoms with Gasteiger partial charge in [0.25, 0.3) is 0 Å². The van der Waals surface area contributed by atoms with Gasteiger partial charge in [0.1, 0.15) is 0 Å². The molecule has 0 aromatic carbocycles. The maximum absolute atomic E-state index is 11.9. The van der Waals surface area contributed by atoms with E-state index in [4.69, 9.17) is 4.74 Å². The summed E-state index contributed by atoms with van der Waals surface area (Å²) in [6.07, 6.45) is 2.93. The number of aliphatic hydroxyl groups is 1. The standard InChI is InChI=1S/C12H24N2O3/c1-13(8-11(15)10-17-2)9-12(16)14-6-4-3-5-7-14/h11,15H,3-10H2,1-2H3. The van der Waals surface area contributed by atoms with Crippen LogP contribution < -0.4 is 0 Å². The van der Waals surface area contributed by atoms with Gasteiger partial charge in [-0.2, -0.15) is 0 Å². The first-order valence-corrected chi connectivity index (χ1v) is 6.27. The largest absolute Gasteiger partial charge is 0.389 e. The summed E-state index contributed by atoms with van der Waals surface area (Å²) in [5.41, 5.74) is 0. The molecular weight excluding hydrogens is 220 g/mol. The van der Waals surface area contributed by atoms with E-state index in [0.29, 0.717) is 19.7 Å². The lowest BCUT2D eigenvalue weighted by atomic mass is 10.1. The Hall–Kier alpha value is -0.650. The average molecular weight is 244 g/mol. The van der Waals surface area contributed by atoms with Gasteiger partial charge in [0.15, 0.2) is 0 Å². The zero-order valence-corrected chi connectivity index (χ0v) is 10.9. The zero-order valence-electron chi connectivity index (χ0n) is 10.9. The van der Waals surface area contributed by atoms with Gasteiger partial charge >= 0.3 is 0 Å². The van der Waals surface area contributed by atoms with Crippen molar-refractivity contribution in [1.82, 2.24) is 9.80 Å². The van der Waals surface area contributed by atoms with Crippen molar-refractivity contribution < 1.29 is 14.6 Å². The van der Waals surface area contributed by atoms with E-state index in [9.17, 15) is 9.90 Å². The highest BCUT2D eigenvalue weighted by Crippen LogP contribution is 2.08. The summed E-state index contributed by atoms with van der Waals surface area (Å²) in [7, 11) is 3.41. The van der Waals surface area contributed by atoms with Gasteiger partial charge in [-0.1, -0.05) is 0 Å². The second-order valence-corrected chi connectivity index (χ2v) is 4.75. The fraction of sp³-hybridized carbons (Fsp3) is 0.917. The van der Waals surface area contributed by atoms with Gasteiger partial charge in [-0.25, -0.2) is 0 Å². The number of likely N-dealkylation sites (tertiary alicyclic amines) is 1. The molecule has 1 saturated heterocycles. The lowest BCUT2D eigenvalue weighted by molar-refractivity contribution is -0.133. The summed E-state index contributed by atoms with van der Waals surface area (Å²) in [5.74, 6) is 0.164. The first kappa shape index (κ1) is 14.4. The Labute approximate surface area is 103 Å². The summed E-state index contributed by atoms with van der Waals surface area (Å²) < 4.78 is 4.85. The monoisotopic (exact) mass is 244 g/mol. The Morgan fingerprint density at radius 2 is 2.06 bits per heavy atom. The average Bonchev–Trinajstić information content (AvgIpc) is 2.30. The minimum absolute atomic E-state index is 0.164. The topological polar surface area (TPSA) is 53.0 Å². The molecule has 1 atom stereocenters. The van der Waals surface area contributed by atoms with E-state index in [-0.39, 0.29) is 5.91 Å². The molecule has 0 radical (unpaired) electrons. The van der Waals surface area contributed by atoms with Gasteiger partial charge < -0.3 is 14.7 Å². The normalized spacial score (nSPS) is 18.5. The molecule has 1 N–H and O–H groups in total. The van der Waals surface area contributed by atoms with E-state index in [1.54, 1.807) is 7.11 Å². The number of hydrogen-bond donors (Lipinski definition) is 1. The van der Waals surface area contributed by atoms with Crippen LogP contribution >= 0.6 is 0 Å². The second kappa shape index (κ2) is 7.63. The number of carbonyl (C=O) groups is 1. The van der Waals surface area contributed by atoms with Crippen LogP contribution in [-0.2, 0) is 9.53 Å². The molecule has 17 heavy (non-hydrogen) atoms. The van der Waals surface area contributed by atoms with E-state index < -0.39 is 6.10 Å². The molecule has 0 saturated carbocycles. The smallest absolute Gasteiger partial charge is 0.236 e. The molecule has 1 aliphatic rings. The van der Waals surface area contributed by atoms with Gasteiger partial charge in [0.2, 0.25) is 5.91 Å². The van der Waals surface area contributed by atoms with Crippen LogP contribution in [0.15, 0.2) is 0 Å². The molecule has 1 fully saturated rings. The fourth-order valence-corrected chi connectivity index (χ4v) is 2.14. The number of hydrogen-bond acceptors (Lipinski definition) is 4. The van der Waals surface area contributed by atoms with Gasteiger partial charge in [-0.3, -0.25) is 9.69 Å². The van der Waals surface area contributed by atoms with Gasteiger partial charge in [0, 0.05) is 26.7 Å². The number of amides is 1. The number of carbonyl (C=O) groups excluding carboxylic acids is 1. The third-order valence-corrected chi connectivity index (χ3v) is 3.00. The minimum Gasteiger partial charge on any atom is -0.389 e. The quantitative estimate of drug-likeness (QED) is 0.711. The van der Waals surface area contributed by atoms with Crippen molar-refractivity contribution in [2.75, 3.05) is 46.9 Å². The van der Waals surface area contributed by atoms with Crippen molar-refractivity contribution in [3.05, 3.63) is 0 Å².